The van der Waals surface area contributed by atoms with Gasteiger partial charge in [0.25, 0.3) is 0 Å². The first-order valence-electron chi connectivity index (χ1n) is 10.6. The minimum Gasteiger partial charge on any atom is -0.497 e. The van der Waals surface area contributed by atoms with Crippen molar-refractivity contribution in [2.75, 3.05) is 18.2 Å². The van der Waals surface area contributed by atoms with Crippen LogP contribution < -0.4 is 14.8 Å². The van der Waals surface area contributed by atoms with Crippen LogP contribution in [0.2, 0.25) is 0 Å². The number of aromatic nitrogens is 3. The Bertz CT molecular complexity index is 1300. The Hall–Kier alpha value is -3.92. The number of ether oxygens (including phenoxy) is 2. The third-order valence-electron chi connectivity index (χ3n) is 5.04. The highest BCUT2D eigenvalue weighted by Gasteiger charge is 2.15. The van der Waals surface area contributed by atoms with Gasteiger partial charge in [-0.1, -0.05) is 41.6 Å². The highest BCUT2D eigenvalue weighted by molar-refractivity contribution is 7.99. The maximum absolute atomic E-state index is 12.9. The molecule has 4 aromatic rings. The average Bonchev–Trinajstić information content (AvgIpc) is 3.32. The van der Waals surface area contributed by atoms with Crippen LogP contribution >= 0.6 is 11.8 Å². The van der Waals surface area contributed by atoms with Gasteiger partial charge in [0.1, 0.15) is 17.8 Å². The SMILES string of the molecule is COc1ccc(-c2cc(NC(=O)CSc3nncn3-c3ccc(C)cc3)ccc2OC(F)F)cc1. The molecule has 0 atom stereocenters. The molecule has 3 aromatic carbocycles. The van der Waals surface area contributed by atoms with E-state index in [2.05, 4.69) is 20.3 Å². The number of aryl methyl sites for hydroxylation is 1. The third kappa shape index (κ3) is 6.15. The molecule has 4 rings (SSSR count). The Balaban J connectivity index is 1.48. The molecule has 10 heteroatoms. The van der Waals surface area contributed by atoms with E-state index in [4.69, 9.17) is 4.74 Å². The summed E-state index contributed by atoms with van der Waals surface area (Å²) in [4.78, 5) is 12.6. The van der Waals surface area contributed by atoms with Gasteiger partial charge in [-0.2, -0.15) is 8.78 Å². The van der Waals surface area contributed by atoms with Gasteiger partial charge in [-0.05, 0) is 55.0 Å². The van der Waals surface area contributed by atoms with Crippen LogP contribution in [0, 0.1) is 6.92 Å². The van der Waals surface area contributed by atoms with E-state index in [9.17, 15) is 13.6 Å². The molecule has 0 aliphatic heterocycles. The second-order valence-corrected chi connectivity index (χ2v) is 8.42. The predicted molar refractivity (Wildman–Crippen MR) is 131 cm³/mol. The molecule has 0 aliphatic rings. The number of anilines is 1. The van der Waals surface area contributed by atoms with Gasteiger partial charge in [0, 0.05) is 16.9 Å². The summed E-state index contributed by atoms with van der Waals surface area (Å²) in [7, 11) is 1.54. The van der Waals surface area contributed by atoms with E-state index >= 15 is 0 Å². The number of rotatable bonds is 9. The fourth-order valence-electron chi connectivity index (χ4n) is 3.34. The highest BCUT2D eigenvalue weighted by atomic mass is 32.2. The summed E-state index contributed by atoms with van der Waals surface area (Å²) >= 11 is 1.24. The van der Waals surface area contributed by atoms with E-state index in [1.54, 1.807) is 41.2 Å². The van der Waals surface area contributed by atoms with Gasteiger partial charge in [-0.15, -0.1) is 10.2 Å². The number of amides is 1. The predicted octanol–water partition coefficient (Wildman–Crippen LogP) is 5.58. The quantitative estimate of drug-likeness (QED) is 0.305. The molecular formula is C25H22F2N4O3S. The summed E-state index contributed by atoms with van der Waals surface area (Å²) in [6.07, 6.45) is 1.59. The molecule has 7 nitrogen and oxygen atoms in total. The van der Waals surface area contributed by atoms with Crippen LogP contribution in [0.5, 0.6) is 11.5 Å². The summed E-state index contributed by atoms with van der Waals surface area (Å²) in [5.74, 6) is 0.433. The molecule has 1 amide bonds. The van der Waals surface area contributed by atoms with Gasteiger partial charge in [0.05, 0.1) is 12.9 Å². The van der Waals surface area contributed by atoms with Gasteiger partial charge >= 0.3 is 6.61 Å². The van der Waals surface area contributed by atoms with Crippen LogP contribution in [0.3, 0.4) is 0 Å². The first-order valence-corrected chi connectivity index (χ1v) is 11.5. The summed E-state index contributed by atoms with van der Waals surface area (Å²) in [6.45, 7) is -0.975. The lowest BCUT2D eigenvalue weighted by atomic mass is 10.0. The van der Waals surface area contributed by atoms with E-state index in [-0.39, 0.29) is 17.4 Å². The summed E-state index contributed by atoms with van der Waals surface area (Å²) in [5.41, 5.74) is 3.52. The van der Waals surface area contributed by atoms with Crippen LogP contribution in [0.25, 0.3) is 16.8 Å². The topological polar surface area (TPSA) is 78.3 Å². The number of alkyl halides is 2. The maximum atomic E-state index is 12.9. The summed E-state index contributed by atoms with van der Waals surface area (Å²) < 4.78 is 37.5. The molecule has 0 unspecified atom stereocenters. The first-order chi connectivity index (χ1) is 16.9. The smallest absolute Gasteiger partial charge is 0.387 e. The van der Waals surface area contributed by atoms with Crippen molar-refractivity contribution in [1.29, 1.82) is 0 Å². The monoisotopic (exact) mass is 496 g/mol. The van der Waals surface area contributed by atoms with Crippen LogP contribution in [0.4, 0.5) is 14.5 Å². The van der Waals surface area contributed by atoms with Crippen molar-refractivity contribution in [2.45, 2.75) is 18.7 Å². The zero-order chi connectivity index (χ0) is 24.8. The number of halogens is 2. The first kappa shape index (κ1) is 24.2. The third-order valence-corrected chi connectivity index (χ3v) is 5.98. The number of carbonyl (C=O) groups excluding carboxylic acids is 1. The Morgan fingerprint density at radius 3 is 2.51 bits per heavy atom. The minimum atomic E-state index is -2.98. The van der Waals surface area contributed by atoms with E-state index in [1.807, 2.05) is 31.2 Å². The van der Waals surface area contributed by atoms with Gasteiger partial charge < -0.3 is 14.8 Å². The number of carbonyl (C=O) groups is 1. The molecule has 0 spiro atoms. The molecule has 0 aliphatic carbocycles. The molecule has 0 saturated heterocycles. The molecule has 0 bridgehead atoms. The van der Waals surface area contributed by atoms with Crippen LogP contribution in [-0.4, -0.2) is 40.1 Å². The number of methoxy groups -OCH3 is 1. The van der Waals surface area contributed by atoms with Crippen molar-refractivity contribution in [2.24, 2.45) is 0 Å². The van der Waals surface area contributed by atoms with Crippen molar-refractivity contribution in [1.82, 2.24) is 14.8 Å². The molecule has 0 saturated carbocycles. The second kappa shape index (κ2) is 11.0. The van der Waals surface area contributed by atoms with Crippen molar-refractivity contribution in [3.05, 3.63) is 78.6 Å². The zero-order valence-electron chi connectivity index (χ0n) is 18.9. The van der Waals surface area contributed by atoms with E-state index in [0.717, 1.165) is 11.3 Å². The van der Waals surface area contributed by atoms with Crippen molar-refractivity contribution in [3.63, 3.8) is 0 Å². The van der Waals surface area contributed by atoms with E-state index < -0.39 is 6.61 Å². The maximum Gasteiger partial charge on any atom is 0.387 e. The number of benzene rings is 3. The lowest BCUT2D eigenvalue weighted by molar-refractivity contribution is -0.113. The number of hydrogen-bond acceptors (Lipinski definition) is 6. The number of nitrogens with zero attached hydrogens (tertiary/aromatic N) is 3. The number of nitrogens with one attached hydrogen (secondary N) is 1. The molecule has 180 valence electrons. The fourth-order valence-corrected chi connectivity index (χ4v) is 4.06. The Labute approximate surface area is 205 Å². The molecule has 0 radical (unpaired) electrons. The lowest BCUT2D eigenvalue weighted by Gasteiger charge is -2.14. The normalized spacial score (nSPS) is 10.9. The van der Waals surface area contributed by atoms with Gasteiger partial charge in [0.2, 0.25) is 5.91 Å². The Morgan fingerprint density at radius 2 is 1.83 bits per heavy atom. The van der Waals surface area contributed by atoms with Gasteiger partial charge in [-0.25, -0.2) is 0 Å². The summed E-state index contributed by atoms with van der Waals surface area (Å²) in [6, 6.07) is 19.3. The minimum absolute atomic E-state index is 0.00346. The number of thioether (sulfide) groups is 1. The fraction of sp³-hybridized carbons (Fsp3) is 0.160. The molecule has 1 heterocycles. The van der Waals surface area contributed by atoms with Crippen molar-refractivity contribution < 1.29 is 23.0 Å². The lowest BCUT2D eigenvalue weighted by Crippen LogP contribution is -2.14. The largest absolute Gasteiger partial charge is 0.497 e. The Kier molecular flexibility index (Phi) is 7.61. The van der Waals surface area contributed by atoms with Crippen LogP contribution in [0.15, 0.2) is 78.2 Å². The standard InChI is InChI=1S/C25H22F2N4O3S/c1-16-3-8-19(9-4-16)31-15-28-30-25(31)35-14-23(32)29-18-7-12-22(34-24(26)27)21(13-18)17-5-10-20(33-2)11-6-17/h3-13,15,24H,14H2,1-2H3,(H,29,32). The van der Waals surface area contributed by atoms with Crippen molar-refractivity contribution in [3.8, 4) is 28.3 Å². The van der Waals surface area contributed by atoms with Crippen LogP contribution in [-0.2, 0) is 4.79 Å². The van der Waals surface area contributed by atoms with E-state index in [0.29, 0.717) is 27.7 Å². The second-order valence-electron chi connectivity index (χ2n) is 7.47. The molecule has 1 aromatic heterocycles. The molecule has 35 heavy (non-hydrogen) atoms. The van der Waals surface area contributed by atoms with Crippen LogP contribution in [0.1, 0.15) is 5.56 Å². The highest BCUT2D eigenvalue weighted by Crippen LogP contribution is 2.34. The molecule has 1 N–H and O–H groups in total. The van der Waals surface area contributed by atoms with Gasteiger partial charge in [0.15, 0.2) is 5.16 Å². The Morgan fingerprint density at radius 1 is 1.09 bits per heavy atom. The zero-order valence-corrected chi connectivity index (χ0v) is 19.8. The van der Waals surface area contributed by atoms with E-state index in [1.165, 1.54) is 31.0 Å². The summed E-state index contributed by atoms with van der Waals surface area (Å²) in [5, 5.41) is 11.4. The number of hydrogen-bond donors (Lipinski definition) is 1. The van der Waals surface area contributed by atoms with Gasteiger partial charge in [-0.3, -0.25) is 9.36 Å². The molecular weight excluding hydrogens is 474 g/mol. The average molecular weight is 497 g/mol. The van der Waals surface area contributed by atoms with Crippen molar-refractivity contribution >= 4 is 23.4 Å². The molecule has 0 fully saturated rings.